The molecule has 5 nitrogen and oxygen atoms in total. The molecule has 1 aliphatic heterocycles. The van der Waals surface area contributed by atoms with E-state index in [9.17, 15) is 4.79 Å². The highest BCUT2D eigenvalue weighted by Gasteiger charge is 2.34. The van der Waals surface area contributed by atoms with E-state index in [1.54, 1.807) is 14.2 Å². The SMILES string of the molecule is CCN1C(=O)CCC(N)C1c1cc(OC)cc(OC)c1. The molecule has 0 radical (unpaired) electrons. The average molecular weight is 278 g/mol. The summed E-state index contributed by atoms with van der Waals surface area (Å²) in [6.45, 7) is 2.62. The van der Waals surface area contributed by atoms with Crippen molar-refractivity contribution < 1.29 is 14.3 Å². The number of likely N-dealkylation sites (tertiary alicyclic amines) is 1. The lowest BCUT2D eigenvalue weighted by atomic mass is 9.90. The van der Waals surface area contributed by atoms with Gasteiger partial charge in [0.1, 0.15) is 11.5 Å². The Morgan fingerprint density at radius 2 is 1.85 bits per heavy atom. The van der Waals surface area contributed by atoms with Crippen molar-refractivity contribution in [1.29, 1.82) is 0 Å². The summed E-state index contributed by atoms with van der Waals surface area (Å²) < 4.78 is 10.6. The van der Waals surface area contributed by atoms with E-state index in [4.69, 9.17) is 15.2 Å². The highest BCUT2D eigenvalue weighted by molar-refractivity contribution is 5.78. The molecule has 5 heteroatoms. The maximum atomic E-state index is 12.1. The Bertz CT molecular complexity index is 468. The van der Waals surface area contributed by atoms with Crippen molar-refractivity contribution in [3.05, 3.63) is 23.8 Å². The highest BCUT2D eigenvalue weighted by atomic mass is 16.5. The van der Waals surface area contributed by atoms with Gasteiger partial charge in [0.15, 0.2) is 0 Å². The lowest BCUT2D eigenvalue weighted by molar-refractivity contribution is -0.137. The van der Waals surface area contributed by atoms with E-state index in [2.05, 4.69) is 0 Å². The number of piperidine rings is 1. The van der Waals surface area contributed by atoms with E-state index in [0.29, 0.717) is 30.9 Å². The summed E-state index contributed by atoms with van der Waals surface area (Å²) >= 11 is 0. The molecule has 2 unspecified atom stereocenters. The van der Waals surface area contributed by atoms with E-state index in [1.165, 1.54) is 0 Å². The summed E-state index contributed by atoms with van der Waals surface area (Å²) in [5.41, 5.74) is 7.21. The van der Waals surface area contributed by atoms with Crippen LogP contribution in [0.4, 0.5) is 0 Å². The number of nitrogens with two attached hydrogens (primary N) is 1. The second kappa shape index (κ2) is 6.13. The summed E-state index contributed by atoms with van der Waals surface area (Å²) in [5, 5.41) is 0. The van der Waals surface area contributed by atoms with Crippen LogP contribution in [0.15, 0.2) is 18.2 Å². The van der Waals surface area contributed by atoms with E-state index in [0.717, 1.165) is 5.56 Å². The normalized spacial score (nSPS) is 22.8. The second-order valence-corrected chi connectivity index (χ2v) is 4.97. The molecule has 2 atom stereocenters. The van der Waals surface area contributed by atoms with Gasteiger partial charge in [0.25, 0.3) is 0 Å². The molecule has 0 spiro atoms. The van der Waals surface area contributed by atoms with Gasteiger partial charge >= 0.3 is 0 Å². The number of ether oxygens (including phenoxy) is 2. The first kappa shape index (κ1) is 14.7. The Morgan fingerprint density at radius 3 is 2.35 bits per heavy atom. The van der Waals surface area contributed by atoms with Gasteiger partial charge in [-0.3, -0.25) is 4.79 Å². The van der Waals surface area contributed by atoms with Crippen LogP contribution < -0.4 is 15.2 Å². The van der Waals surface area contributed by atoms with E-state index < -0.39 is 0 Å². The summed E-state index contributed by atoms with van der Waals surface area (Å²) in [7, 11) is 3.23. The number of carbonyl (C=O) groups excluding carboxylic acids is 1. The average Bonchev–Trinajstić information content (AvgIpc) is 2.48. The van der Waals surface area contributed by atoms with Crippen LogP contribution in [0.1, 0.15) is 31.4 Å². The minimum atomic E-state index is -0.120. The summed E-state index contributed by atoms with van der Waals surface area (Å²) in [5.74, 6) is 1.57. The molecule has 1 aromatic rings. The van der Waals surface area contributed by atoms with Crippen molar-refractivity contribution in [3.8, 4) is 11.5 Å². The fourth-order valence-corrected chi connectivity index (χ4v) is 2.78. The number of likely N-dealkylation sites (N-methyl/N-ethyl adjacent to an activating group) is 1. The minimum absolute atomic E-state index is 0.0653. The van der Waals surface area contributed by atoms with Gasteiger partial charge in [0, 0.05) is 25.1 Å². The maximum Gasteiger partial charge on any atom is 0.223 e. The van der Waals surface area contributed by atoms with Crippen LogP contribution >= 0.6 is 0 Å². The zero-order valence-electron chi connectivity index (χ0n) is 12.3. The van der Waals surface area contributed by atoms with Crippen molar-refractivity contribution in [1.82, 2.24) is 4.90 Å². The van der Waals surface area contributed by atoms with Crippen LogP contribution in [0.25, 0.3) is 0 Å². The molecule has 20 heavy (non-hydrogen) atoms. The van der Waals surface area contributed by atoms with E-state index in [-0.39, 0.29) is 18.0 Å². The van der Waals surface area contributed by atoms with Gasteiger partial charge in [-0.2, -0.15) is 0 Å². The molecule has 1 aliphatic rings. The molecule has 0 aromatic heterocycles. The smallest absolute Gasteiger partial charge is 0.223 e. The number of carbonyl (C=O) groups is 1. The first-order valence-corrected chi connectivity index (χ1v) is 6.88. The molecule has 1 heterocycles. The van der Waals surface area contributed by atoms with Crippen molar-refractivity contribution in [3.63, 3.8) is 0 Å². The Labute approximate surface area is 119 Å². The molecule has 0 aliphatic carbocycles. The predicted octanol–water partition coefficient (Wildman–Crippen LogP) is 1.71. The summed E-state index contributed by atoms with van der Waals surface area (Å²) in [4.78, 5) is 13.9. The van der Waals surface area contributed by atoms with Gasteiger partial charge in [-0.25, -0.2) is 0 Å². The number of nitrogens with zero attached hydrogens (tertiary/aromatic N) is 1. The van der Waals surface area contributed by atoms with Crippen LogP contribution in [0.3, 0.4) is 0 Å². The molecule has 110 valence electrons. The van der Waals surface area contributed by atoms with Gasteiger partial charge in [-0.05, 0) is 31.0 Å². The first-order valence-electron chi connectivity index (χ1n) is 6.88. The van der Waals surface area contributed by atoms with Gasteiger partial charge in [0.2, 0.25) is 5.91 Å². The van der Waals surface area contributed by atoms with Gasteiger partial charge in [-0.1, -0.05) is 0 Å². The molecule has 1 saturated heterocycles. The largest absolute Gasteiger partial charge is 0.497 e. The van der Waals surface area contributed by atoms with Crippen molar-refractivity contribution in [2.75, 3.05) is 20.8 Å². The van der Waals surface area contributed by atoms with Crippen LogP contribution in [0.5, 0.6) is 11.5 Å². The summed E-state index contributed by atoms with van der Waals surface area (Å²) in [6, 6.07) is 5.48. The fourth-order valence-electron chi connectivity index (χ4n) is 2.78. The molecule has 2 N–H and O–H groups in total. The zero-order chi connectivity index (χ0) is 14.7. The number of rotatable bonds is 4. The lowest BCUT2D eigenvalue weighted by Crippen LogP contribution is -2.48. The predicted molar refractivity (Wildman–Crippen MR) is 76.9 cm³/mol. The topological polar surface area (TPSA) is 64.8 Å². The van der Waals surface area contributed by atoms with Crippen LogP contribution in [0.2, 0.25) is 0 Å². The molecular weight excluding hydrogens is 256 g/mol. The molecular formula is C15H22N2O3. The third-order valence-electron chi connectivity index (χ3n) is 3.81. The number of methoxy groups -OCH3 is 2. The number of hydrogen-bond donors (Lipinski definition) is 1. The number of hydrogen-bond acceptors (Lipinski definition) is 4. The minimum Gasteiger partial charge on any atom is -0.497 e. The standard InChI is InChI=1S/C15H22N2O3/c1-4-17-14(18)6-5-13(16)15(17)10-7-11(19-2)9-12(8-10)20-3/h7-9,13,15H,4-6,16H2,1-3H3. The van der Waals surface area contributed by atoms with Crippen molar-refractivity contribution >= 4 is 5.91 Å². The lowest BCUT2D eigenvalue weighted by Gasteiger charge is -2.39. The third-order valence-corrected chi connectivity index (χ3v) is 3.81. The Balaban J connectivity index is 2.43. The quantitative estimate of drug-likeness (QED) is 0.910. The molecule has 0 bridgehead atoms. The fraction of sp³-hybridized carbons (Fsp3) is 0.533. The van der Waals surface area contributed by atoms with Gasteiger partial charge in [-0.15, -0.1) is 0 Å². The number of amides is 1. The monoisotopic (exact) mass is 278 g/mol. The zero-order valence-corrected chi connectivity index (χ0v) is 12.3. The molecule has 0 saturated carbocycles. The second-order valence-electron chi connectivity index (χ2n) is 4.97. The van der Waals surface area contributed by atoms with E-state index >= 15 is 0 Å². The molecule has 1 amide bonds. The van der Waals surface area contributed by atoms with Crippen LogP contribution in [-0.4, -0.2) is 37.6 Å². The van der Waals surface area contributed by atoms with Gasteiger partial charge < -0.3 is 20.1 Å². The Morgan fingerprint density at radius 1 is 1.25 bits per heavy atom. The molecule has 2 rings (SSSR count). The Kier molecular flexibility index (Phi) is 4.49. The number of benzene rings is 1. The first-order chi connectivity index (χ1) is 9.60. The van der Waals surface area contributed by atoms with Crippen LogP contribution in [0, 0.1) is 0 Å². The highest BCUT2D eigenvalue weighted by Crippen LogP contribution is 2.34. The van der Waals surface area contributed by atoms with Crippen molar-refractivity contribution in [2.45, 2.75) is 31.8 Å². The van der Waals surface area contributed by atoms with Crippen LogP contribution in [-0.2, 0) is 4.79 Å². The molecule has 1 fully saturated rings. The third kappa shape index (κ3) is 2.72. The Hall–Kier alpha value is -1.75. The van der Waals surface area contributed by atoms with Gasteiger partial charge in [0.05, 0.1) is 20.3 Å². The molecule has 1 aromatic carbocycles. The summed E-state index contributed by atoms with van der Waals surface area (Å²) in [6.07, 6.45) is 1.23. The van der Waals surface area contributed by atoms with Crippen molar-refractivity contribution in [2.24, 2.45) is 5.73 Å². The maximum absolute atomic E-state index is 12.1. The van der Waals surface area contributed by atoms with E-state index in [1.807, 2.05) is 30.0 Å².